The van der Waals surface area contributed by atoms with Crippen LogP contribution in [-0.4, -0.2) is 22.9 Å². The Balaban J connectivity index is 1.81. The van der Waals surface area contributed by atoms with Crippen LogP contribution in [0, 0.1) is 5.92 Å². The van der Waals surface area contributed by atoms with E-state index in [1.807, 2.05) is 30.3 Å². The van der Waals surface area contributed by atoms with Gasteiger partial charge in [0.15, 0.2) is 0 Å². The molecule has 126 valence electrons. The van der Waals surface area contributed by atoms with Gasteiger partial charge in [0.2, 0.25) is 11.8 Å². The summed E-state index contributed by atoms with van der Waals surface area (Å²) >= 11 is 0. The topological polar surface area (TPSA) is 74.7 Å². The summed E-state index contributed by atoms with van der Waals surface area (Å²) in [5.74, 6) is -1.87. The lowest BCUT2D eigenvalue weighted by molar-refractivity contribution is -0.131. The molecule has 2 amide bonds. The molecule has 0 radical (unpaired) electrons. The Kier molecular flexibility index (Phi) is 4.75. The van der Waals surface area contributed by atoms with Crippen LogP contribution in [0.3, 0.4) is 0 Å². The fourth-order valence-electron chi connectivity index (χ4n) is 2.96. The van der Waals surface area contributed by atoms with Gasteiger partial charge in [-0.25, -0.2) is 4.79 Å². The normalized spacial score (nSPS) is 17.4. The third kappa shape index (κ3) is 3.83. The zero-order valence-electron chi connectivity index (χ0n) is 13.5. The molecule has 0 saturated carbocycles. The molecular formula is C20H17NO4. The van der Waals surface area contributed by atoms with Crippen LogP contribution in [0.1, 0.15) is 17.5 Å². The van der Waals surface area contributed by atoms with Gasteiger partial charge in [-0.05, 0) is 35.8 Å². The molecule has 5 nitrogen and oxygen atoms in total. The predicted molar refractivity (Wildman–Crippen MR) is 93.9 cm³/mol. The maximum atomic E-state index is 12.7. The first-order valence-corrected chi connectivity index (χ1v) is 7.96. The second-order valence-electron chi connectivity index (χ2n) is 5.92. The largest absolute Gasteiger partial charge is 0.478 e. The number of aliphatic carboxylic acids is 1. The van der Waals surface area contributed by atoms with Crippen LogP contribution in [-0.2, 0) is 20.8 Å². The standard InChI is InChI=1S/C20H17NO4/c22-18-13-16(11-14-5-2-1-3-6-14)20(25)21(18)17-8-4-7-15(12-17)9-10-19(23)24/h1-10,12,16H,11,13H2,(H,23,24). The minimum atomic E-state index is -1.05. The van der Waals surface area contributed by atoms with Crippen LogP contribution in [0.2, 0.25) is 0 Å². The zero-order chi connectivity index (χ0) is 17.8. The van der Waals surface area contributed by atoms with Crippen molar-refractivity contribution in [2.75, 3.05) is 4.90 Å². The number of benzene rings is 2. The lowest BCUT2D eigenvalue weighted by Gasteiger charge is -2.15. The van der Waals surface area contributed by atoms with Crippen molar-refractivity contribution in [3.63, 3.8) is 0 Å². The average molecular weight is 335 g/mol. The Labute approximate surface area is 145 Å². The Morgan fingerprint density at radius 2 is 1.88 bits per heavy atom. The van der Waals surface area contributed by atoms with E-state index in [1.54, 1.807) is 24.3 Å². The number of carboxylic acids is 1. The molecule has 1 atom stereocenters. The van der Waals surface area contributed by atoms with Gasteiger partial charge in [0.25, 0.3) is 0 Å². The van der Waals surface area contributed by atoms with Crippen molar-refractivity contribution < 1.29 is 19.5 Å². The molecule has 0 aliphatic carbocycles. The van der Waals surface area contributed by atoms with E-state index in [4.69, 9.17) is 5.11 Å². The van der Waals surface area contributed by atoms with Gasteiger partial charge in [0.05, 0.1) is 11.6 Å². The highest BCUT2D eigenvalue weighted by atomic mass is 16.4. The van der Waals surface area contributed by atoms with E-state index < -0.39 is 5.97 Å². The van der Waals surface area contributed by atoms with E-state index in [0.717, 1.165) is 11.6 Å². The van der Waals surface area contributed by atoms with Gasteiger partial charge in [-0.15, -0.1) is 0 Å². The quantitative estimate of drug-likeness (QED) is 0.673. The van der Waals surface area contributed by atoms with Crippen LogP contribution in [0.5, 0.6) is 0 Å². The molecule has 25 heavy (non-hydrogen) atoms. The number of anilines is 1. The van der Waals surface area contributed by atoms with Gasteiger partial charge < -0.3 is 5.11 Å². The van der Waals surface area contributed by atoms with Crippen molar-refractivity contribution >= 4 is 29.5 Å². The average Bonchev–Trinajstić information content (AvgIpc) is 2.88. The zero-order valence-corrected chi connectivity index (χ0v) is 13.5. The monoisotopic (exact) mass is 335 g/mol. The maximum absolute atomic E-state index is 12.7. The molecule has 1 aliphatic rings. The third-order valence-corrected chi connectivity index (χ3v) is 4.11. The Morgan fingerprint density at radius 3 is 2.60 bits per heavy atom. The van der Waals surface area contributed by atoms with Crippen molar-refractivity contribution in [3.05, 3.63) is 71.8 Å². The molecule has 0 bridgehead atoms. The molecule has 3 rings (SSSR count). The fraction of sp³-hybridized carbons (Fsp3) is 0.150. The second-order valence-corrected chi connectivity index (χ2v) is 5.92. The minimum Gasteiger partial charge on any atom is -0.478 e. The molecule has 1 N–H and O–H groups in total. The number of carbonyl (C=O) groups excluding carboxylic acids is 2. The summed E-state index contributed by atoms with van der Waals surface area (Å²) in [6.07, 6.45) is 3.16. The van der Waals surface area contributed by atoms with E-state index in [9.17, 15) is 14.4 Å². The van der Waals surface area contributed by atoms with Crippen LogP contribution < -0.4 is 4.90 Å². The van der Waals surface area contributed by atoms with Gasteiger partial charge in [0.1, 0.15) is 0 Å². The molecule has 0 aromatic heterocycles. The van der Waals surface area contributed by atoms with Crippen LogP contribution in [0.25, 0.3) is 6.08 Å². The first-order valence-electron chi connectivity index (χ1n) is 7.96. The number of carbonyl (C=O) groups is 3. The summed E-state index contributed by atoms with van der Waals surface area (Å²) < 4.78 is 0. The Hall–Kier alpha value is -3.21. The van der Waals surface area contributed by atoms with Crippen molar-refractivity contribution in [2.45, 2.75) is 12.8 Å². The smallest absolute Gasteiger partial charge is 0.328 e. The summed E-state index contributed by atoms with van der Waals surface area (Å²) in [5.41, 5.74) is 2.11. The molecule has 5 heteroatoms. The fourth-order valence-corrected chi connectivity index (χ4v) is 2.96. The van der Waals surface area contributed by atoms with Gasteiger partial charge in [-0.2, -0.15) is 0 Å². The Bertz CT molecular complexity index is 842. The second kappa shape index (κ2) is 7.13. The summed E-state index contributed by atoms with van der Waals surface area (Å²) in [4.78, 5) is 36.9. The van der Waals surface area contributed by atoms with Crippen molar-refractivity contribution in [3.8, 4) is 0 Å². The molecule has 2 aromatic carbocycles. The number of amides is 2. The van der Waals surface area contributed by atoms with Crippen molar-refractivity contribution in [1.29, 1.82) is 0 Å². The summed E-state index contributed by atoms with van der Waals surface area (Å²) in [6, 6.07) is 16.3. The van der Waals surface area contributed by atoms with Gasteiger partial charge in [0, 0.05) is 12.5 Å². The first-order chi connectivity index (χ1) is 12.0. The number of hydrogen-bond donors (Lipinski definition) is 1. The van der Waals surface area contributed by atoms with E-state index in [0.29, 0.717) is 17.7 Å². The van der Waals surface area contributed by atoms with E-state index in [1.165, 1.54) is 11.0 Å². The van der Waals surface area contributed by atoms with Gasteiger partial charge in [-0.1, -0.05) is 42.5 Å². The van der Waals surface area contributed by atoms with Crippen molar-refractivity contribution in [1.82, 2.24) is 0 Å². The van der Waals surface area contributed by atoms with E-state index in [2.05, 4.69) is 0 Å². The third-order valence-electron chi connectivity index (χ3n) is 4.11. The molecule has 1 heterocycles. The maximum Gasteiger partial charge on any atom is 0.328 e. The highest BCUT2D eigenvalue weighted by Crippen LogP contribution is 2.29. The summed E-state index contributed by atoms with van der Waals surface area (Å²) in [5, 5.41) is 8.71. The number of nitrogens with zero attached hydrogens (tertiary/aromatic N) is 1. The summed E-state index contributed by atoms with van der Waals surface area (Å²) in [7, 11) is 0. The number of hydrogen-bond acceptors (Lipinski definition) is 3. The molecule has 1 aliphatic heterocycles. The van der Waals surface area contributed by atoms with Crippen LogP contribution in [0.4, 0.5) is 5.69 Å². The number of imide groups is 1. The number of carboxylic acid groups (broad SMARTS) is 1. The molecule has 0 spiro atoms. The SMILES string of the molecule is O=C(O)C=Cc1cccc(N2C(=O)CC(Cc3ccccc3)C2=O)c1. The molecular weight excluding hydrogens is 318 g/mol. The van der Waals surface area contributed by atoms with Crippen LogP contribution >= 0.6 is 0 Å². The van der Waals surface area contributed by atoms with Crippen molar-refractivity contribution in [2.24, 2.45) is 5.92 Å². The predicted octanol–water partition coefficient (Wildman–Crippen LogP) is 2.91. The van der Waals surface area contributed by atoms with Gasteiger partial charge >= 0.3 is 5.97 Å². The molecule has 1 saturated heterocycles. The minimum absolute atomic E-state index is 0.183. The lowest BCUT2D eigenvalue weighted by Crippen LogP contribution is -2.30. The van der Waals surface area contributed by atoms with Gasteiger partial charge in [-0.3, -0.25) is 14.5 Å². The lowest BCUT2D eigenvalue weighted by atomic mass is 9.98. The van der Waals surface area contributed by atoms with Crippen LogP contribution in [0.15, 0.2) is 60.7 Å². The molecule has 1 fully saturated rings. The Morgan fingerprint density at radius 1 is 1.12 bits per heavy atom. The highest BCUT2D eigenvalue weighted by Gasteiger charge is 2.39. The first kappa shape index (κ1) is 16.6. The highest BCUT2D eigenvalue weighted by molar-refractivity contribution is 6.21. The molecule has 2 aromatic rings. The van der Waals surface area contributed by atoms with E-state index in [-0.39, 0.29) is 24.2 Å². The number of rotatable bonds is 5. The van der Waals surface area contributed by atoms with E-state index >= 15 is 0 Å². The molecule has 1 unspecified atom stereocenters. The summed E-state index contributed by atoms with van der Waals surface area (Å²) in [6.45, 7) is 0.